The fourth-order valence-corrected chi connectivity index (χ4v) is 1.54. The summed E-state index contributed by atoms with van der Waals surface area (Å²) in [5.41, 5.74) is -2.68. The summed E-state index contributed by atoms with van der Waals surface area (Å²) in [7, 11) is 0. The molecular weight excluding hydrogens is 230 g/mol. The monoisotopic (exact) mass is 243 g/mol. The molecule has 94 valence electrons. The van der Waals surface area contributed by atoms with Crippen LogP contribution >= 0.6 is 0 Å². The largest absolute Gasteiger partial charge is 0.543 e. The molecule has 1 saturated heterocycles. The maximum atomic E-state index is 10.6. The van der Waals surface area contributed by atoms with Gasteiger partial charge in [0, 0.05) is 0 Å². The van der Waals surface area contributed by atoms with Gasteiger partial charge in [0.2, 0.25) is 6.07 Å². The van der Waals surface area contributed by atoms with E-state index in [4.69, 9.17) is 10.00 Å². The van der Waals surface area contributed by atoms with E-state index in [2.05, 4.69) is 0 Å². The van der Waals surface area contributed by atoms with Crippen molar-refractivity contribution in [1.29, 1.82) is 5.26 Å². The van der Waals surface area contributed by atoms with Crippen molar-refractivity contribution in [2.75, 3.05) is 6.61 Å². The van der Waals surface area contributed by atoms with Gasteiger partial charge < -0.3 is 4.74 Å². The van der Waals surface area contributed by atoms with Crippen molar-refractivity contribution in [3.05, 3.63) is 20.2 Å². The highest BCUT2D eigenvalue weighted by atomic mass is 16.7. The maximum Gasteiger partial charge on any atom is 0.543 e. The Kier molecular flexibility index (Phi) is 4.34. The Morgan fingerprint density at radius 3 is 2.29 bits per heavy atom. The van der Waals surface area contributed by atoms with E-state index in [0.29, 0.717) is 18.9 Å². The lowest BCUT2D eigenvalue weighted by Gasteiger charge is -2.09. The van der Waals surface area contributed by atoms with Crippen LogP contribution in [0.15, 0.2) is 0 Å². The minimum absolute atomic E-state index is 0.293. The van der Waals surface area contributed by atoms with Crippen molar-refractivity contribution in [3.63, 3.8) is 0 Å². The summed E-state index contributed by atoms with van der Waals surface area (Å²) < 4.78 is 4.98. The topological polar surface area (TPSA) is 123 Å². The molecule has 1 rings (SSSR count). The molecule has 1 aliphatic heterocycles. The molecule has 0 spiro atoms. The van der Waals surface area contributed by atoms with Crippen LogP contribution < -0.4 is 0 Å². The highest BCUT2D eigenvalue weighted by Crippen LogP contribution is 2.22. The molecule has 0 aromatic heterocycles. The third-order valence-corrected chi connectivity index (χ3v) is 2.74. The Bertz CT molecular complexity index is 333. The van der Waals surface area contributed by atoms with Crippen LogP contribution in [0.25, 0.3) is 0 Å². The van der Waals surface area contributed by atoms with E-state index in [-0.39, 0.29) is 6.42 Å². The van der Waals surface area contributed by atoms with Gasteiger partial charge in [-0.25, -0.2) is 0 Å². The SMILES string of the molecule is N#CC(CCCCCC1CO1)([N+](=O)[O-])[N+](=O)[O-]. The average Bonchev–Trinajstić information content (AvgIpc) is 3.06. The summed E-state index contributed by atoms with van der Waals surface area (Å²) in [6.45, 7) is 0.756. The number of nitrogens with zero attached hydrogens (tertiary/aromatic N) is 3. The molecule has 0 aliphatic carbocycles. The number of nitriles is 1. The predicted molar refractivity (Wildman–Crippen MR) is 55.2 cm³/mol. The second kappa shape index (κ2) is 5.54. The van der Waals surface area contributed by atoms with E-state index >= 15 is 0 Å². The molecule has 1 atom stereocenters. The quantitative estimate of drug-likeness (QED) is 0.207. The van der Waals surface area contributed by atoms with Crippen molar-refractivity contribution in [1.82, 2.24) is 0 Å². The normalized spacial score (nSPS) is 18.4. The second-order valence-corrected chi connectivity index (χ2v) is 4.00. The molecule has 0 bridgehead atoms. The third-order valence-electron chi connectivity index (χ3n) is 2.74. The molecule has 1 fully saturated rings. The molecule has 0 aromatic rings. The lowest BCUT2D eigenvalue weighted by Crippen LogP contribution is -2.44. The number of rotatable bonds is 8. The molecule has 17 heavy (non-hydrogen) atoms. The van der Waals surface area contributed by atoms with Crippen molar-refractivity contribution >= 4 is 0 Å². The fourth-order valence-electron chi connectivity index (χ4n) is 1.54. The lowest BCUT2D eigenvalue weighted by molar-refractivity contribution is -0.778. The lowest BCUT2D eigenvalue weighted by atomic mass is 10.0. The first-order valence-electron chi connectivity index (χ1n) is 5.35. The average molecular weight is 243 g/mol. The van der Waals surface area contributed by atoms with Crippen LogP contribution in [0.2, 0.25) is 0 Å². The van der Waals surface area contributed by atoms with Gasteiger partial charge in [0.15, 0.2) is 0 Å². The van der Waals surface area contributed by atoms with Gasteiger partial charge in [-0.1, -0.05) is 12.8 Å². The standard InChI is InChI=1S/C9H13N3O5/c10-7-9(11(13)14,12(15)16)5-3-1-2-4-8-6-17-8/h8H,1-6H2. The molecule has 1 aliphatic rings. The molecule has 0 amide bonds. The van der Waals surface area contributed by atoms with Crippen LogP contribution in [-0.2, 0) is 4.74 Å². The van der Waals surface area contributed by atoms with E-state index in [9.17, 15) is 20.2 Å². The first-order chi connectivity index (χ1) is 8.03. The van der Waals surface area contributed by atoms with Crippen LogP contribution in [0.5, 0.6) is 0 Å². The van der Waals surface area contributed by atoms with Gasteiger partial charge in [-0.15, -0.1) is 0 Å². The van der Waals surface area contributed by atoms with Gasteiger partial charge in [0.25, 0.3) is 0 Å². The first-order valence-corrected chi connectivity index (χ1v) is 5.35. The summed E-state index contributed by atoms with van der Waals surface area (Å²) >= 11 is 0. The Hall–Kier alpha value is -1.75. The van der Waals surface area contributed by atoms with Crippen LogP contribution in [0, 0.1) is 31.6 Å². The molecule has 0 radical (unpaired) electrons. The predicted octanol–water partition coefficient (Wildman–Crippen LogP) is 1.11. The van der Waals surface area contributed by atoms with Crippen molar-refractivity contribution < 1.29 is 14.6 Å². The zero-order valence-corrected chi connectivity index (χ0v) is 9.20. The van der Waals surface area contributed by atoms with Gasteiger partial charge in [0.05, 0.1) is 12.7 Å². The Morgan fingerprint density at radius 1 is 1.29 bits per heavy atom. The highest BCUT2D eigenvalue weighted by molar-refractivity contribution is 4.91. The first kappa shape index (κ1) is 13.3. The highest BCUT2D eigenvalue weighted by Gasteiger charge is 2.56. The Labute approximate surface area is 97.5 Å². The number of hydrogen-bond acceptors (Lipinski definition) is 6. The van der Waals surface area contributed by atoms with Gasteiger partial charge in [-0.3, -0.25) is 20.2 Å². The number of epoxide rings is 1. The summed E-state index contributed by atoms with van der Waals surface area (Å²) in [4.78, 5) is 19.0. The van der Waals surface area contributed by atoms with Crippen molar-refractivity contribution in [3.8, 4) is 6.07 Å². The summed E-state index contributed by atoms with van der Waals surface area (Å²) in [5.74, 6) is 0. The van der Waals surface area contributed by atoms with Gasteiger partial charge in [-0.05, 0) is 12.8 Å². The minimum atomic E-state index is -2.68. The molecule has 0 saturated carbocycles. The molecule has 8 nitrogen and oxygen atoms in total. The minimum Gasteiger partial charge on any atom is -0.373 e. The maximum absolute atomic E-state index is 10.6. The van der Waals surface area contributed by atoms with Crippen LogP contribution in [-0.4, -0.2) is 28.2 Å². The second-order valence-electron chi connectivity index (χ2n) is 4.00. The zero-order chi connectivity index (χ0) is 12.9. The van der Waals surface area contributed by atoms with Crippen LogP contribution in [0.3, 0.4) is 0 Å². The molecule has 1 unspecified atom stereocenters. The molecule has 1 heterocycles. The number of hydrogen-bond donors (Lipinski definition) is 0. The van der Waals surface area contributed by atoms with E-state index in [0.717, 1.165) is 19.4 Å². The van der Waals surface area contributed by atoms with E-state index in [1.807, 2.05) is 0 Å². The van der Waals surface area contributed by atoms with Gasteiger partial charge in [0.1, 0.15) is 16.3 Å². The number of unbranched alkanes of at least 4 members (excludes halogenated alkanes) is 2. The third kappa shape index (κ3) is 3.35. The smallest absolute Gasteiger partial charge is 0.373 e. The summed E-state index contributed by atoms with van der Waals surface area (Å²) in [6, 6.07) is 1.20. The molecule has 0 N–H and O–H groups in total. The zero-order valence-electron chi connectivity index (χ0n) is 9.20. The number of ether oxygens (including phenoxy) is 1. The van der Waals surface area contributed by atoms with Gasteiger partial charge in [-0.2, -0.15) is 5.26 Å². The van der Waals surface area contributed by atoms with Gasteiger partial charge >= 0.3 is 5.66 Å². The van der Waals surface area contributed by atoms with Crippen molar-refractivity contribution in [2.24, 2.45) is 0 Å². The Balaban J connectivity index is 2.35. The van der Waals surface area contributed by atoms with E-state index in [1.54, 1.807) is 0 Å². The summed E-state index contributed by atoms with van der Waals surface area (Å²) in [6.07, 6.45) is 2.54. The molecule has 8 heteroatoms. The molecular formula is C9H13N3O5. The van der Waals surface area contributed by atoms with Crippen molar-refractivity contribution in [2.45, 2.75) is 43.9 Å². The van der Waals surface area contributed by atoms with Crippen LogP contribution in [0.1, 0.15) is 32.1 Å². The van der Waals surface area contributed by atoms with E-state index in [1.165, 1.54) is 6.07 Å². The Morgan fingerprint density at radius 2 is 1.88 bits per heavy atom. The molecule has 0 aromatic carbocycles. The fraction of sp³-hybridized carbons (Fsp3) is 0.889. The van der Waals surface area contributed by atoms with Crippen LogP contribution in [0.4, 0.5) is 0 Å². The van der Waals surface area contributed by atoms with E-state index < -0.39 is 15.5 Å². The number of nitro groups is 2. The summed E-state index contributed by atoms with van der Waals surface area (Å²) in [5, 5.41) is 29.8.